The topological polar surface area (TPSA) is 91.3 Å². The van der Waals surface area contributed by atoms with Gasteiger partial charge in [-0.3, -0.25) is 14.5 Å². The number of nitrogens with one attached hydrogen (secondary N) is 1. The van der Waals surface area contributed by atoms with Crippen molar-refractivity contribution in [3.63, 3.8) is 0 Å². The van der Waals surface area contributed by atoms with E-state index in [4.69, 9.17) is 9.47 Å². The second kappa shape index (κ2) is 16.9. The first-order chi connectivity index (χ1) is 21.2. The van der Waals surface area contributed by atoms with Crippen molar-refractivity contribution in [1.82, 2.24) is 9.80 Å². The van der Waals surface area contributed by atoms with Gasteiger partial charge in [0.2, 0.25) is 5.91 Å². The fourth-order valence-corrected chi connectivity index (χ4v) is 6.34. The van der Waals surface area contributed by atoms with Crippen molar-refractivity contribution in [2.45, 2.75) is 96.9 Å². The predicted molar refractivity (Wildman–Crippen MR) is 175 cm³/mol. The predicted octanol–water partition coefficient (Wildman–Crippen LogP) is 6.13. The minimum atomic E-state index is -0.411. The Hall–Kier alpha value is -2.94. The Kier molecular flexibility index (Phi) is 13.1. The third kappa shape index (κ3) is 9.78. The number of aliphatic hydroxyl groups excluding tert-OH is 1. The summed E-state index contributed by atoms with van der Waals surface area (Å²) in [6, 6.07) is 15.4. The number of amides is 2. The Labute approximate surface area is 264 Å². The molecule has 0 saturated heterocycles. The van der Waals surface area contributed by atoms with Crippen LogP contribution in [0.5, 0.6) is 5.75 Å². The number of carbonyl (C=O) groups is 2. The molecule has 8 heteroatoms. The number of benzene rings is 2. The largest absolute Gasteiger partial charge is 0.490 e. The number of aliphatic hydroxyl groups is 1. The summed E-state index contributed by atoms with van der Waals surface area (Å²) in [5.41, 5.74) is 2.24. The van der Waals surface area contributed by atoms with Crippen LogP contribution in [0.2, 0.25) is 0 Å². The van der Waals surface area contributed by atoms with Gasteiger partial charge in [0.15, 0.2) is 0 Å². The van der Waals surface area contributed by atoms with Crippen molar-refractivity contribution in [1.29, 1.82) is 0 Å². The zero-order valence-electron chi connectivity index (χ0n) is 27.2. The van der Waals surface area contributed by atoms with E-state index in [0.717, 1.165) is 58.0 Å². The number of nitrogens with zero attached hydrogens (tertiary/aromatic N) is 2. The molecule has 0 bridgehead atoms. The molecule has 44 heavy (non-hydrogen) atoms. The summed E-state index contributed by atoms with van der Waals surface area (Å²) in [6.45, 7) is 8.43. The molecule has 2 aliphatic rings. The van der Waals surface area contributed by atoms with E-state index >= 15 is 0 Å². The summed E-state index contributed by atoms with van der Waals surface area (Å²) < 4.78 is 12.8. The van der Waals surface area contributed by atoms with Gasteiger partial charge in [-0.05, 0) is 76.8 Å². The standard InChI is InChI=1S/C36H53N3O5/c1-26-22-39(27(2)25-40)36(42)32-21-31(37-35(41)30-16-9-6-10-17-30)18-19-33(32)44-28(3)13-11-12-20-43-34(26)24-38(4)23-29-14-7-5-8-15-29/h5,7-8,14-15,18-19,21,26-28,30,34,40H,6,9-13,16-17,20,22-25H2,1-4H3,(H,37,41)/t26-,27-,28+,34+/m1/s1. The van der Waals surface area contributed by atoms with Crippen LogP contribution in [-0.4, -0.2) is 78.3 Å². The monoisotopic (exact) mass is 607 g/mol. The minimum Gasteiger partial charge on any atom is -0.490 e. The van der Waals surface area contributed by atoms with Crippen LogP contribution in [0.3, 0.4) is 0 Å². The number of hydrogen-bond donors (Lipinski definition) is 2. The van der Waals surface area contributed by atoms with Crippen LogP contribution in [0.1, 0.15) is 88.1 Å². The quantitative estimate of drug-likeness (QED) is 0.375. The molecule has 1 fully saturated rings. The Bertz CT molecular complexity index is 1190. The Morgan fingerprint density at radius 2 is 1.77 bits per heavy atom. The highest BCUT2D eigenvalue weighted by atomic mass is 16.5. The summed E-state index contributed by atoms with van der Waals surface area (Å²) in [4.78, 5) is 31.4. The maximum atomic E-state index is 14.3. The van der Waals surface area contributed by atoms with Crippen LogP contribution in [0.15, 0.2) is 48.5 Å². The van der Waals surface area contributed by atoms with Gasteiger partial charge in [-0.25, -0.2) is 0 Å². The van der Waals surface area contributed by atoms with Gasteiger partial charge in [-0.1, -0.05) is 56.5 Å². The number of likely N-dealkylation sites (N-methyl/N-ethyl adjacent to an activating group) is 1. The number of carbonyl (C=O) groups excluding carboxylic acids is 2. The van der Waals surface area contributed by atoms with E-state index in [2.05, 4.69) is 48.5 Å². The van der Waals surface area contributed by atoms with E-state index < -0.39 is 6.04 Å². The maximum Gasteiger partial charge on any atom is 0.258 e. The average Bonchev–Trinajstić information content (AvgIpc) is 3.03. The lowest BCUT2D eigenvalue weighted by Crippen LogP contribution is -2.47. The van der Waals surface area contributed by atoms with E-state index in [1.54, 1.807) is 11.0 Å². The first-order valence-electron chi connectivity index (χ1n) is 16.6. The van der Waals surface area contributed by atoms with Crippen molar-refractivity contribution in [3.8, 4) is 5.75 Å². The summed E-state index contributed by atoms with van der Waals surface area (Å²) in [7, 11) is 2.10. The molecule has 1 aliphatic heterocycles. The number of rotatable bonds is 8. The average molecular weight is 608 g/mol. The van der Waals surface area contributed by atoms with Crippen LogP contribution in [0, 0.1) is 11.8 Å². The van der Waals surface area contributed by atoms with Gasteiger partial charge in [0.25, 0.3) is 5.91 Å². The molecule has 0 radical (unpaired) electrons. The van der Waals surface area contributed by atoms with Crippen LogP contribution in [-0.2, 0) is 16.1 Å². The molecular formula is C36H53N3O5. The van der Waals surface area contributed by atoms with Crippen molar-refractivity contribution in [2.24, 2.45) is 11.8 Å². The first-order valence-corrected chi connectivity index (χ1v) is 16.6. The van der Waals surface area contributed by atoms with E-state index in [1.165, 1.54) is 12.0 Å². The molecule has 1 heterocycles. The molecule has 2 aromatic rings. The van der Waals surface area contributed by atoms with Crippen LogP contribution in [0.25, 0.3) is 0 Å². The van der Waals surface area contributed by atoms with E-state index in [-0.39, 0.29) is 42.5 Å². The lowest BCUT2D eigenvalue weighted by Gasteiger charge is -2.36. The summed E-state index contributed by atoms with van der Waals surface area (Å²) in [5, 5.41) is 13.3. The highest BCUT2D eigenvalue weighted by Gasteiger charge is 2.31. The van der Waals surface area contributed by atoms with Gasteiger partial charge in [0, 0.05) is 43.8 Å². The maximum absolute atomic E-state index is 14.3. The summed E-state index contributed by atoms with van der Waals surface area (Å²) in [6.07, 6.45) is 7.66. The highest BCUT2D eigenvalue weighted by Crippen LogP contribution is 2.30. The Balaban J connectivity index is 1.59. The number of fused-ring (bicyclic) bond motifs is 1. The smallest absolute Gasteiger partial charge is 0.258 e. The number of anilines is 1. The molecule has 4 rings (SSSR count). The fraction of sp³-hybridized carbons (Fsp3) is 0.611. The second-order valence-corrected chi connectivity index (χ2v) is 13.0. The molecule has 4 atom stereocenters. The molecule has 2 amide bonds. The minimum absolute atomic E-state index is 0.00610. The molecule has 0 spiro atoms. The van der Waals surface area contributed by atoms with Gasteiger partial charge in [0.05, 0.1) is 30.4 Å². The molecule has 1 aliphatic carbocycles. The number of ether oxygens (including phenoxy) is 2. The molecule has 2 N–H and O–H groups in total. The van der Waals surface area contributed by atoms with Gasteiger partial charge in [-0.2, -0.15) is 0 Å². The summed E-state index contributed by atoms with van der Waals surface area (Å²) >= 11 is 0. The third-order valence-electron chi connectivity index (χ3n) is 9.08. The lowest BCUT2D eigenvalue weighted by atomic mass is 9.88. The fourth-order valence-electron chi connectivity index (χ4n) is 6.34. The van der Waals surface area contributed by atoms with Crippen LogP contribution in [0.4, 0.5) is 5.69 Å². The van der Waals surface area contributed by atoms with Gasteiger partial charge >= 0.3 is 0 Å². The van der Waals surface area contributed by atoms with E-state index in [1.807, 2.05) is 32.0 Å². The van der Waals surface area contributed by atoms with E-state index in [0.29, 0.717) is 30.2 Å². The van der Waals surface area contributed by atoms with Crippen LogP contribution < -0.4 is 10.1 Å². The Morgan fingerprint density at radius 1 is 1.05 bits per heavy atom. The molecule has 0 aromatic heterocycles. The molecule has 1 saturated carbocycles. The van der Waals surface area contributed by atoms with Gasteiger partial charge in [0.1, 0.15) is 5.75 Å². The van der Waals surface area contributed by atoms with Crippen molar-refractivity contribution < 1.29 is 24.2 Å². The second-order valence-electron chi connectivity index (χ2n) is 13.0. The van der Waals surface area contributed by atoms with Crippen molar-refractivity contribution in [3.05, 3.63) is 59.7 Å². The normalized spacial score (nSPS) is 23.4. The van der Waals surface area contributed by atoms with Gasteiger partial charge in [-0.15, -0.1) is 0 Å². The molecular weight excluding hydrogens is 554 g/mol. The molecule has 2 aromatic carbocycles. The third-order valence-corrected chi connectivity index (χ3v) is 9.08. The van der Waals surface area contributed by atoms with E-state index in [9.17, 15) is 14.7 Å². The molecule has 242 valence electrons. The Morgan fingerprint density at radius 3 is 2.50 bits per heavy atom. The molecule has 0 unspecified atom stereocenters. The first kappa shape index (κ1) is 33.9. The highest BCUT2D eigenvalue weighted by molar-refractivity contribution is 6.00. The van der Waals surface area contributed by atoms with Crippen molar-refractivity contribution >= 4 is 17.5 Å². The lowest BCUT2D eigenvalue weighted by molar-refractivity contribution is -0.120. The zero-order valence-corrected chi connectivity index (χ0v) is 27.2. The van der Waals surface area contributed by atoms with Crippen molar-refractivity contribution in [2.75, 3.05) is 38.7 Å². The van der Waals surface area contributed by atoms with Crippen LogP contribution >= 0.6 is 0 Å². The summed E-state index contributed by atoms with van der Waals surface area (Å²) in [5.74, 6) is 0.317. The SMILES string of the molecule is C[C@@H]1CN([C@H](C)CO)C(=O)c2cc(NC(=O)C3CCCCC3)ccc2O[C@@H](C)CCCCO[C@H]1CN(C)Cc1ccccc1. The van der Waals surface area contributed by atoms with Gasteiger partial charge < -0.3 is 24.8 Å². The zero-order chi connectivity index (χ0) is 31.5. The number of hydrogen-bond acceptors (Lipinski definition) is 6. The molecule has 8 nitrogen and oxygen atoms in total.